The van der Waals surface area contributed by atoms with Crippen LogP contribution in [-0.2, 0) is 9.59 Å². The monoisotopic (exact) mass is 501 g/mol. The van der Waals surface area contributed by atoms with Gasteiger partial charge in [0.15, 0.2) is 5.11 Å². The van der Waals surface area contributed by atoms with E-state index in [9.17, 15) is 9.59 Å². The van der Waals surface area contributed by atoms with Crippen molar-refractivity contribution in [2.75, 3.05) is 16.8 Å². The minimum absolute atomic E-state index is 0.0140. The molecule has 1 fully saturated rings. The SMILES string of the molecule is Cc1cc2c(cc1/C=C1\C(=O)NC(=S)N(c3cccc(Cl)c3Cl)C1=O)[C@@H](C)CC(C)(C)N2C. The summed E-state index contributed by atoms with van der Waals surface area (Å²) in [5.74, 6) is -0.742. The number of amides is 2. The van der Waals surface area contributed by atoms with Crippen LogP contribution in [0.1, 0.15) is 49.8 Å². The molecule has 4 rings (SSSR count). The molecule has 5 nitrogen and oxygen atoms in total. The minimum Gasteiger partial charge on any atom is -0.369 e. The lowest BCUT2D eigenvalue weighted by Gasteiger charge is -2.45. The third kappa shape index (κ3) is 4.05. The maximum atomic E-state index is 13.4. The summed E-state index contributed by atoms with van der Waals surface area (Å²) in [4.78, 5) is 29.7. The molecule has 2 amide bonds. The second kappa shape index (κ2) is 8.42. The van der Waals surface area contributed by atoms with E-state index in [1.54, 1.807) is 24.3 Å². The number of fused-ring (bicyclic) bond motifs is 1. The first-order chi connectivity index (χ1) is 15.4. The third-order valence-corrected chi connectivity index (χ3v) is 7.69. The van der Waals surface area contributed by atoms with Crippen LogP contribution in [0.2, 0.25) is 10.0 Å². The highest BCUT2D eigenvalue weighted by atomic mass is 35.5. The van der Waals surface area contributed by atoms with Gasteiger partial charge in [0.1, 0.15) is 5.57 Å². The number of benzene rings is 2. The lowest BCUT2D eigenvalue weighted by molar-refractivity contribution is -0.122. The molecular weight excluding hydrogens is 477 g/mol. The lowest BCUT2D eigenvalue weighted by Crippen LogP contribution is -2.54. The van der Waals surface area contributed by atoms with Gasteiger partial charge < -0.3 is 4.90 Å². The molecule has 1 N–H and O–H groups in total. The van der Waals surface area contributed by atoms with Gasteiger partial charge in [-0.25, -0.2) is 0 Å². The number of nitrogens with zero attached hydrogens (tertiary/aromatic N) is 2. The first kappa shape index (κ1) is 23.7. The number of hydrogen-bond donors (Lipinski definition) is 1. The number of carbonyl (C=O) groups is 2. The van der Waals surface area contributed by atoms with Crippen molar-refractivity contribution in [2.45, 2.75) is 45.6 Å². The van der Waals surface area contributed by atoms with Crippen molar-refractivity contribution in [3.8, 4) is 0 Å². The smallest absolute Gasteiger partial charge is 0.270 e. The largest absolute Gasteiger partial charge is 0.369 e. The molecule has 2 aliphatic heterocycles. The van der Waals surface area contributed by atoms with E-state index in [1.807, 2.05) is 6.92 Å². The number of thiocarbonyl (C=S) groups is 1. The van der Waals surface area contributed by atoms with Gasteiger partial charge in [0.2, 0.25) is 0 Å². The molecule has 2 aromatic rings. The maximum Gasteiger partial charge on any atom is 0.270 e. The minimum atomic E-state index is -0.545. The van der Waals surface area contributed by atoms with Gasteiger partial charge in [0, 0.05) is 18.3 Å². The van der Waals surface area contributed by atoms with Crippen LogP contribution in [0.5, 0.6) is 0 Å². The summed E-state index contributed by atoms with van der Waals surface area (Å²) in [6.07, 6.45) is 2.64. The van der Waals surface area contributed by atoms with Gasteiger partial charge in [-0.2, -0.15) is 0 Å². The fourth-order valence-electron chi connectivity index (χ4n) is 4.59. The third-order valence-electron chi connectivity index (χ3n) is 6.59. The predicted molar refractivity (Wildman–Crippen MR) is 139 cm³/mol. The van der Waals surface area contributed by atoms with E-state index in [2.05, 4.69) is 50.2 Å². The molecule has 2 aliphatic rings. The van der Waals surface area contributed by atoms with Crippen molar-refractivity contribution < 1.29 is 9.59 Å². The summed E-state index contributed by atoms with van der Waals surface area (Å²) < 4.78 is 0. The summed E-state index contributed by atoms with van der Waals surface area (Å²) in [6.45, 7) is 8.66. The van der Waals surface area contributed by atoms with Gasteiger partial charge in [0.25, 0.3) is 11.8 Å². The van der Waals surface area contributed by atoms with Crippen LogP contribution in [0, 0.1) is 6.92 Å². The molecule has 2 aromatic carbocycles. The molecule has 172 valence electrons. The molecule has 0 aromatic heterocycles. The molecule has 0 bridgehead atoms. The van der Waals surface area contributed by atoms with Gasteiger partial charge in [0.05, 0.1) is 15.7 Å². The molecular formula is C25H25Cl2N3O2S. The van der Waals surface area contributed by atoms with Crippen LogP contribution in [0.25, 0.3) is 6.08 Å². The number of aryl methyl sites for hydroxylation is 1. The molecule has 1 atom stereocenters. The summed E-state index contributed by atoms with van der Waals surface area (Å²) in [5, 5.41) is 3.05. The molecule has 0 spiro atoms. The molecule has 0 saturated carbocycles. The molecule has 0 radical (unpaired) electrons. The summed E-state index contributed by atoms with van der Waals surface area (Å²) >= 11 is 17.8. The number of nitrogens with one attached hydrogen (secondary N) is 1. The molecule has 0 unspecified atom stereocenters. The van der Waals surface area contributed by atoms with Gasteiger partial charge in [-0.1, -0.05) is 36.2 Å². The molecule has 33 heavy (non-hydrogen) atoms. The van der Waals surface area contributed by atoms with E-state index in [1.165, 1.54) is 16.2 Å². The Morgan fingerprint density at radius 1 is 1.18 bits per heavy atom. The second-order valence-corrected chi connectivity index (χ2v) is 10.4. The van der Waals surface area contributed by atoms with Gasteiger partial charge >= 0.3 is 0 Å². The Hall–Kier alpha value is -2.41. The highest BCUT2D eigenvalue weighted by molar-refractivity contribution is 7.80. The van der Waals surface area contributed by atoms with Gasteiger partial charge in [-0.15, -0.1) is 0 Å². The van der Waals surface area contributed by atoms with E-state index < -0.39 is 11.8 Å². The fourth-order valence-corrected chi connectivity index (χ4v) is 5.24. The van der Waals surface area contributed by atoms with E-state index >= 15 is 0 Å². The number of carbonyl (C=O) groups excluding carboxylic acids is 2. The Labute approximate surface area is 209 Å². The van der Waals surface area contributed by atoms with Crippen molar-refractivity contribution in [3.05, 3.63) is 62.6 Å². The average Bonchev–Trinajstić information content (AvgIpc) is 2.72. The quantitative estimate of drug-likeness (QED) is 0.318. The van der Waals surface area contributed by atoms with Crippen molar-refractivity contribution in [1.29, 1.82) is 0 Å². The average molecular weight is 502 g/mol. The fraction of sp³-hybridized carbons (Fsp3) is 0.320. The zero-order valence-electron chi connectivity index (χ0n) is 19.1. The molecule has 0 aliphatic carbocycles. The zero-order valence-corrected chi connectivity index (χ0v) is 21.5. The van der Waals surface area contributed by atoms with Crippen LogP contribution in [0.15, 0.2) is 35.9 Å². The van der Waals surface area contributed by atoms with Crippen molar-refractivity contribution in [3.63, 3.8) is 0 Å². The maximum absolute atomic E-state index is 13.4. The van der Waals surface area contributed by atoms with Crippen LogP contribution in [0.3, 0.4) is 0 Å². The van der Waals surface area contributed by atoms with Gasteiger partial charge in [-0.3, -0.25) is 19.8 Å². The first-order valence-corrected chi connectivity index (χ1v) is 11.8. The predicted octanol–water partition coefficient (Wildman–Crippen LogP) is 5.86. The van der Waals surface area contributed by atoms with Crippen LogP contribution in [-0.4, -0.2) is 29.5 Å². The Balaban J connectivity index is 1.79. The highest BCUT2D eigenvalue weighted by Crippen LogP contribution is 2.44. The number of hydrogen-bond acceptors (Lipinski definition) is 4. The van der Waals surface area contributed by atoms with Crippen molar-refractivity contribution in [1.82, 2.24) is 5.32 Å². The Kier molecular flexibility index (Phi) is 6.06. The Morgan fingerprint density at radius 3 is 2.58 bits per heavy atom. The van der Waals surface area contributed by atoms with Crippen LogP contribution in [0.4, 0.5) is 11.4 Å². The molecule has 8 heteroatoms. The number of anilines is 2. The Bertz CT molecular complexity index is 1240. The first-order valence-electron chi connectivity index (χ1n) is 10.7. The lowest BCUT2D eigenvalue weighted by atomic mass is 9.79. The van der Waals surface area contributed by atoms with Gasteiger partial charge in [-0.05, 0) is 92.4 Å². The summed E-state index contributed by atoms with van der Waals surface area (Å²) in [5.41, 5.74) is 4.51. The van der Waals surface area contributed by atoms with E-state index in [0.29, 0.717) is 16.6 Å². The topological polar surface area (TPSA) is 52.7 Å². The zero-order chi connectivity index (χ0) is 24.2. The number of rotatable bonds is 2. The normalized spacial score (nSPS) is 21.4. The van der Waals surface area contributed by atoms with Crippen molar-refractivity contribution in [2.24, 2.45) is 0 Å². The molecule has 1 saturated heterocycles. The van der Waals surface area contributed by atoms with E-state index in [-0.39, 0.29) is 21.2 Å². The summed E-state index contributed by atoms with van der Waals surface area (Å²) in [6, 6.07) is 9.14. The second-order valence-electron chi connectivity index (χ2n) is 9.28. The van der Waals surface area contributed by atoms with E-state index in [4.69, 9.17) is 35.4 Å². The van der Waals surface area contributed by atoms with Crippen LogP contribution < -0.4 is 15.1 Å². The standard InChI is InChI=1S/C25H25Cl2N3O2S/c1-13-9-20-16(14(2)12-25(3,4)29(20)5)10-15(13)11-17-22(31)28-24(33)30(23(17)32)19-8-6-7-18(26)21(19)27/h6-11,14H,12H2,1-5H3,(H,28,31,33)/b17-11+/t14-/m0/s1. The highest BCUT2D eigenvalue weighted by Gasteiger charge is 2.37. The summed E-state index contributed by atoms with van der Waals surface area (Å²) in [7, 11) is 2.11. The van der Waals surface area contributed by atoms with Crippen LogP contribution >= 0.6 is 35.4 Å². The Morgan fingerprint density at radius 2 is 1.88 bits per heavy atom. The number of halogens is 2. The van der Waals surface area contributed by atoms with Crippen molar-refractivity contribution >= 4 is 69.8 Å². The molecule has 2 heterocycles. The van der Waals surface area contributed by atoms with E-state index in [0.717, 1.165) is 17.5 Å².